The molecule has 0 unspecified atom stereocenters. The van der Waals surface area contributed by atoms with Crippen LogP contribution in [0.4, 0.5) is 0 Å². The molecule has 5 nitrogen and oxygen atoms in total. The van der Waals surface area contributed by atoms with Gasteiger partial charge in [0.25, 0.3) is 0 Å². The summed E-state index contributed by atoms with van der Waals surface area (Å²) in [6, 6.07) is 0. The Morgan fingerprint density at radius 1 is 1.00 bits per heavy atom. The Balaban J connectivity index is 3.29. The zero-order chi connectivity index (χ0) is 14.5. The summed E-state index contributed by atoms with van der Waals surface area (Å²) in [4.78, 5) is 21.5. The molecule has 5 heteroatoms. The Morgan fingerprint density at radius 3 is 2.26 bits per heavy atom. The van der Waals surface area contributed by atoms with Crippen molar-refractivity contribution in [1.82, 2.24) is 0 Å². The van der Waals surface area contributed by atoms with Crippen molar-refractivity contribution < 1.29 is 24.2 Å². The van der Waals surface area contributed by atoms with E-state index in [0.717, 1.165) is 18.4 Å². The average molecular weight is 272 g/mol. The molecule has 110 valence electrons. The number of allylic oxidation sites excluding steroid dienone is 1. The first-order valence-corrected chi connectivity index (χ1v) is 6.64. The van der Waals surface area contributed by atoms with E-state index in [1.54, 1.807) is 6.26 Å². The van der Waals surface area contributed by atoms with E-state index in [9.17, 15) is 9.59 Å². The van der Waals surface area contributed by atoms with E-state index in [0.29, 0.717) is 32.5 Å². The monoisotopic (exact) mass is 272 g/mol. The third-order valence-electron chi connectivity index (χ3n) is 2.26. The number of ether oxygens (including phenoxy) is 2. The molecule has 0 aliphatic heterocycles. The molecule has 0 saturated carbocycles. The van der Waals surface area contributed by atoms with Gasteiger partial charge in [-0.25, -0.2) is 0 Å². The first-order valence-electron chi connectivity index (χ1n) is 6.64. The van der Waals surface area contributed by atoms with E-state index < -0.39 is 5.97 Å². The highest BCUT2D eigenvalue weighted by Gasteiger charge is 2.03. The van der Waals surface area contributed by atoms with Gasteiger partial charge in [-0.05, 0) is 45.1 Å². The predicted octanol–water partition coefficient (Wildman–Crippen LogP) is 2.90. The minimum absolute atomic E-state index is 0.106. The number of esters is 1. The van der Waals surface area contributed by atoms with E-state index in [4.69, 9.17) is 14.6 Å². The predicted molar refractivity (Wildman–Crippen MR) is 71.7 cm³/mol. The molecule has 0 rings (SSSR count). The van der Waals surface area contributed by atoms with Crippen LogP contribution in [-0.4, -0.2) is 30.3 Å². The second-order valence-electron chi connectivity index (χ2n) is 4.59. The topological polar surface area (TPSA) is 72.8 Å². The van der Waals surface area contributed by atoms with Gasteiger partial charge in [0.2, 0.25) is 0 Å². The first kappa shape index (κ1) is 17.5. The summed E-state index contributed by atoms with van der Waals surface area (Å²) in [5.41, 5.74) is 1.12. The van der Waals surface area contributed by atoms with Crippen molar-refractivity contribution in [2.75, 3.05) is 13.2 Å². The van der Waals surface area contributed by atoms with Crippen molar-refractivity contribution in [2.45, 2.75) is 52.4 Å². The van der Waals surface area contributed by atoms with Crippen LogP contribution in [-0.2, 0) is 19.1 Å². The third kappa shape index (κ3) is 14.4. The largest absolute Gasteiger partial charge is 0.501 e. The van der Waals surface area contributed by atoms with Crippen LogP contribution < -0.4 is 0 Å². The molecule has 19 heavy (non-hydrogen) atoms. The Bertz CT molecular complexity index is 292. The summed E-state index contributed by atoms with van der Waals surface area (Å²) in [6.07, 6.45) is 4.81. The summed E-state index contributed by atoms with van der Waals surface area (Å²) in [6.45, 7) is 4.95. The minimum atomic E-state index is -0.829. The van der Waals surface area contributed by atoms with Gasteiger partial charge in [-0.1, -0.05) is 0 Å². The lowest BCUT2D eigenvalue weighted by atomic mass is 10.2. The van der Waals surface area contributed by atoms with Crippen LogP contribution in [0.3, 0.4) is 0 Å². The van der Waals surface area contributed by atoms with Crippen molar-refractivity contribution in [3.63, 3.8) is 0 Å². The van der Waals surface area contributed by atoms with Gasteiger partial charge in [-0.15, -0.1) is 0 Å². The zero-order valence-electron chi connectivity index (χ0n) is 11.8. The lowest BCUT2D eigenvalue weighted by molar-refractivity contribution is -0.144. The lowest BCUT2D eigenvalue weighted by Gasteiger charge is -2.05. The summed E-state index contributed by atoms with van der Waals surface area (Å²) in [5, 5.41) is 8.43. The molecule has 0 amide bonds. The van der Waals surface area contributed by atoms with Gasteiger partial charge in [0.05, 0.1) is 19.5 Å². The fraction of sp³-hybridized carbons (Fsp3) is 0.714. The van der Waals surface area contributed by atoms with Crippen LogP contribution in [0.2, 0.25) is 0 Å². The highest BCUT2D eigenvalue weighted by Crippen LogP contribution is 2.02. The molecular formula is C14H24O5. The van der Waals surface area contributed by atoms with Crippen LogP contribution >= 0.6 is 0 Å². The second kappa shape index (κ2) is 11.6. The van der Waals surface area contributed by atoms with Crippen molar-refractivity contribution in [3.05, 3.63) is 11.8 Å². The van der Waals surface area contributed by atoms with Crippen molar-refractivity contribution in [3.8, 4) is 0 Å². The van der Waals surface area contributed by atoms with Gasteiger partial charge in [0, 0.05) is 12.8 Å². The van der Waals surface area contributed by atoms with Gasteiger partial charge in [0.15, 0.2) is 0 Å². The maximum Gasteiger partial charge on any atom is 0.305 e. The molecule has 1 N–H and O–H groups in total. The molecule has 0 radical (unpaired) electrons. The summed E-state index contributed by atoms with van der Waals surface area (Å²) < 4.78 is 10.3. The molecule has 0 aromatic heterocycles. The quantitative estimate of drug-likeness (QED) is 0.355. The summed E-state index contributed by atoms with van der Waals surface area (Å²) in [5.74, 6) is -1.08. The number of carboxylic acid groups (broad SMARTS) is 1. The van der Waals surface area contributed by atoms with Gasteiger partial charge in [0.1, 0.15) is 0 Å². The summed E-state index contributed by atoms with van der Waals surface area (Å²) in [7, 11) is 0. The molecule has 0 atom stereocenters. The van der Waals surface area contributed by atoms with Crippen LogP contribution in [0.15, 0.2) is 11.8 Å². The maximum atomic E-state index is 11.3. The fourth-order valence-electron chi connectivity index (χ4n) is 1.32. The molecular weight excluding hydrogens is 248 g/mol. The maximum absolute atomic E-state index is 11.3. The molecule has 0 aromatic carbocycles. The Hall–Kier alpha value is -1.52. The fourth-order valence-corrected chi connectivity index (χ4v) is 1.32. The van der Waals surface area contributed by atoms with E-state index in [1.807, 2.05) is 13.8 Å². The lowest BCUT2D eigenvalue weighted by Crippen LogP contribution is -2.06. The van der Waals surface area contributed by atoms with E-state index in [-0.39, 0.29) is 12.4 Å². The van der Waals surface area contributed by atoms with E-state index >= 15 is 0 Å². The van der Waals surface area contributed by atoms with Crippen LogP contribution in [0.5, 0.6) is 0 Å². The Morgan fingerprint density at radius 2 is 1.63 bits per heavy atom. The smallest absolute Gasteiger partial charge is 0.305 e. The van der Waals surface area contributed by atoms with Crippen molar-refractivity contribution in [1.29, 1.82) is 0 Å². The molecule has 0 aliphatic carbocycles. The SMILES string of the molecule is CC(C)=COCCCCOC(=O)CCCCC(=O)O. The number of aliphatic carboxylic acids is 1. The minimum Gasteiger partial charge on any atom is -0.501 e. The van der Waals surface area contributed by atoms with Gasteiger partial charge < -0.3 is 14.6 Å². The normalized spacial score (nSPS) is 9.79. The number of carbonyl (C=O) groups is 2. The highest BCUT2D eigenvalue weighted by molar-refractivity contribution is 5.69. The van der Waals surface area contributed by atoms with Gasteiger partial charge in [-0.2, -0.15) is 0 Å². The number of unbranched alkanes of at least 4 members (excludes halogenated alkanes) is 2. The van der Waals surface area contributed by atoms with Crippen LogP contribution in [0.25, 0.3) is 0 Å². The molecule has 0 aromatic rings. The molecule has 0 heterocycles. The average Bonchev–Trinajstić information content (AvgIpc) is 2.33. The number of hydrogen-bond acceptors (Lipinski definition) is 4. The number of carboxylic acids is 1. The van der Waals surface area contributed by atoms with Gasteiger partial charge in [-0.3, -0.25) is 9.59 Å². The van der Waals surface area contributed by atoms with Crippen LogP contribution in [0.1, 0.15) is 52.4 Å². The van der Waals surface area contributed by atoms with Crippen LogP contribution in [0, 0.1) is 0 Å². The van der Waals surface area contributed by atoms with E-state index in [1.165, 1.54) is 0 Å². The van der Waals surface area contributed by atoms with E-state index in [2.05, 4.69) is 0 Å². The first-order chi connectivity index (χ1) is 9.02. The standard InChI is InChI=1S/C14H24O5/c1-12(2)11-18-9-5-6-10-19-14(17)8-4-3-7-13(15)16/h11H,3-10H2,1-2H3,(H,15,16). The number of rotatable bonds is 11. The highest BCUT2D eigenvalue weighted by atomic mass is 16.5. The summed E-state index contributed by atoms with van der Waals surface area (Å²) >= 11 is 0. The third-order valence-corrected chi connectivity index (χ3v) is 2.26. The Kier molecular flexibility index (Phi) is 10.6. The zero-order valence-corrected chi connectivity index (χ0v) is 11.8. The molecule has 0 bridgehead atoms. The molecule has 0 spiro atoms. The van der Waals surface area contributed by atoms with Crippen molar-refractivity contribution in [2.24, 2.45) is 0 Å². The molecule has 0 aliphatic rings. The number of hydrogen-bond donors (Lipinski definition) is 1. The van der Waals surface area contributed by atoms with Crippen molar-refractivity contribution >= 4 is 11.9 Å². The number of carbonyl (C=O) groups excluding carboxylic acids is 1. The molecule has 0 fully saturated rings. The molecule has 0 saturated heterocycles. The Labute approximate surface area is 114 Å². The van der Waals surface area contributed by atoms with Gasteiger partial charge >= 0.3 is 11.9 Å². The second-order valence-corrected chi connectivity index (χ2v) is 4.59.